The quantitative estimate of drug-likeness (QED) is 0.365. The van der Waals surface area contributed by atoms with E-state index < -0.39 is 0 Å². The largest absolute Gasteiger partial charge is 0.493 e. The summed E-state index contributed by atoms with van der Waals surface area (Å²) < 4.78 is 11.2. The molecule has 0 bridgehead atoms. The zero-order valence-electron chi connectivity index (χ0n) is 24.5. The lowest BCUT2D eigenvalue weighted by Crippen LogP contribution is -2.52. The second-order valence-electron chi connectivity index (χ2n) is 11.8. The minimum absolute atomic E-state index is 0.205. The molecule has 0 unspecified atom stereocenters. The summed E-state index contributed by atoms with van der Waals surface area (Å²) in [5.41, 5.74) is 5.58. The first-order valence-corrected chi connectivity index (χ1v) is 15.3. The topological polar surface area (TPSA) is 54.0 Å². The number of rotatable bonds is 11. The summed E-state index contributed by atoms with van der Waals surface area (Å²) in [7, 11) is 3.41. The number of hydrogen-bond acceptors (Lipinski definition) is 5. The van der Waals surface area contributed by atoms with Gasteiger partial charge in [0, 0.05) is 45.2 Å². The number of benzene rings is 2. The van der Waals surface area contributed by atoms with Crippen LogP contribution in [-0.2, 0) is 24.3 Å². The molecule has 1 saturated heterocycles. The fourth-order valence-electron chi connectivity index (χ4n) is 6.93. The molecule has 0 saturated carbocycles. The maximum Gasteiger partial charge on any atom is 0.220 e. The Morgan fingerprint density at radius 3 is 2.55 bits per heavy atom. The Morgan fingerprint density at radius 2 is 1.80 bits per heavy atom. The Balaban J connectivity index is 1.22. The smallest absolute Gasteiger partial charge is 0.220 e. The van der Waals surface area contributed by atoms with E-state index in [9.17, 15) is 4.79 Å². The SMILES string of the molecule is COc1cc2c(cc1OC)CN([C@@H]1CCN(Cc3ccccc3)C[C@@H]1CCC(=O)NCCC1=CCCCC1)CC2. The van der Waals surface area contributed by atoms with Gasteiger partial charge in [0.2, 0.25) is 5.91 Å². The highest BCUT2D eigenvalue weighted by Gasteiger charge is 2.35. The molecule has 2 aromatic rings. The van der Waals surface area contributed by atoms with Gasteiger partial charge in [-0.3, -0.25) is 14.6 Å². The number of piperidine rings is 1. The van der Waals surface area contributed by atoms with Crippen LogP contribution in [0.2, 0.25) is 0 Å². The molecular weight excluding hydrogens is 498 g/mol. The van der Waals surface area contributed by atoms with Crippen molar-refractivity contribution >= 4 is 5.91 Å². The Bertz CT molecular complexity index is 1150. The minimum atomic E-state index is 0.205. The second kappa shape index (κ2) is 14.2. The van der Waals surface area contributed by atoms with Gasteiger partial charge in [0.1, 0.15) is 0 Å². The summed E-state index contributed by atoms with van der Waals surface area (Å²) in [6, 6.07) is 15.6. The van der Waals surface area contributed by atoms with Gasteiger partial charge in [-0.1, -0.05) is 42.0 Å². The van der Waals surface area contributed by atoms with E-state index in [1.54, 1.807) is 14.2 Å². The first-order chi connectivity index (χ1) is 19.6. The molecule has 2 aliphatic heterocycles. The van der Waals surface area contributed by atoms with Crippen LogP contribution in [-0.4, -0.2) is 62.1 Å². The molecule has 0 aromatic heterocycles. The standard InChI is InChI=1S/C34H47N3O3/c1-39-32-21-28-16-20-37(25-30(28)22-33(32)40-2)31-17-19-36(23-27-11-7-4-8-12-27)24-29(31)13-14-34(38)35-18-15-26-9-5-3-6-10-26/h4,7-9,11-12,21-22,29,31H,3,5-6,10,13-20,23-25H2,1-2H3,(H,35,38)/t29-,31+/m0/s1. The van der Waals surface area contributed by atoms with Crippen LogP contribution in [0.5, 0.6) is 11.5 Å². The van der Waals surface area contributed by atoms with Crippen molar-refractivity contribution in [1.29, 1.82) is 0 Å². The van der Waals surface area contributed by atoms with Crippen molar-refractivity contribution in [3.8, 4) is 11.5 Å². The Hall–Kier alpha value is -2.83. The minimum Gasteiger partial charge on any atom is -0.493 e. The molecule has 1 fully saturated rings. The number of ether oxygens (including phenoxy) is 2. The van der Waals surface area contributed by atoms with E-state index in [0.29, 0.717) is 18.4 Å². The third-order valence-corrected chi connectivity index (χ3v) is 9.14. The summed E-state index contributed by atoms with van der Waals surface area (Å²) in [5, 5.41) is 3.22. The maximum atomic E-state index is 12.9. The number of likely N-dealkylation sites (tertiary alicyclic amines) is 1. The zero-order chi connectivity index (χ0) is 27.7. The lowest BCUT2D eigenvalue weighted by molar-refractivity contribution is -0.121. The third-order valence-electron chi connectivity index (χ3n) is 9.14. The van der Waals surface area contributed by atoms with E-state index in [4.69, 9.17) is 9.47 Å². The Kier molecular flexibility index (Phi) is 10.2. The highest BCUT2D eigenvalue weighted by atomic mass is 16.5. The summed E-state index contributed by atoms with van der Waals surface area (Å²) >= 11 is 0. The molecule has 0 spiro atoms. The molecule has 3 aliphatic rings. The van der Waals surface area contributed by atoms with Crippen molar-refractivity contribution in [2.24, 2.45) is 5.92 Å². The molecule has 40 heavy (non-hydrogen) atoms. The summed E-state index contributed by atoms with van der Waals surface area (Å²) in [4.78, 5) is 18.2. The highest BCUT2D eigenvalue weighted by Crippen LogP contribution is 2.36. The summed E-state index contributed by atoms with van der Waals surface area (Å²) in [6.07, 6.45) is 12.1. The van der Waals surface area contributed by atoms with Gasteiger partial charge in [0.05, 0.1) is 14.2 Å². The van der Waals surface area contributed by atoms with Gasteiger partial charge in [-0.2, -0.15) is 0 Å². The molecule has 0 radical (unpaired) electrons. The molecule has 1 amide bonds. The number of fused-ring (bicyclic) bond motifs is 1. The van der Waals surface area contributed by atoms with Crippen LogP contribution in [0, 0.1) is 5.92 Å². The Labute approximate surface area is 240 Å². The molecule has 2 aromatic carbocycles. The molecule has 6 nitrogen and oxygen atoms in total. The van der Waals surface area contributed by atoms with Gasteiger partial charge in [-0.05, 0) is 92.7 Å². The number of carbonyl (C=O) groups is 1. The second-order valence-corrected chi connectivity index (χ2v) is 11.8. The van der Waals surface area contributed by atoms with Crippen molar-refractivity contribution in [3.63, 3.8) is 0 Å². The first-order valence-electron chi connectivity index (χ1n) is 15.3. The highest BCUT2D eigenvalue weighted by molar-refractivity contribution is 5.75. The molecular formula is C34H47N3O3. The van der Waals surface area contributed by atoms with E-state index >= 15 is 0 Å². The number of carbonyl (C=O) groups excluding carboxylic acids is 1. The normalized spacial score (nSPS) is 21.8. The van der Waals surface area contributed by atoms with E-state index in [1.807, 2.05) is 0 Å². The van der Waals surface area contributed by atoms with E-state index in [1.165, 1.54) is 47.9 Å². The monoisotopic (exact) mass is 545 g/mol. The molecule has 216 valence electrons. The average molecular weight is 546 g/mol. The van der Waals surface area contributed by atoms with E-state index in [-0.39, 0.29) is 5.91 Å². The number of allylic oxidation sites excluding steroid dienone is 1. The summed E-state index contributed by atoms with van der Waals surface area (Å²) in [6.45, 7) is 5.85. The van der Waals surface area contributed by atoms with Gasteiger partial charge in [-0.25, -0.2) is 0 Å². The van der Waals surface area contributed by atoms with Crippen LogP contribution in [0.25, 0.3) is 0 Å². The molecule has 2 heterocycles. The molecule has 1 N–H and O–H groups in total. The summed E-state index contributed by atoms with van der Waals surface area (Å²) in [5.74, 6) is 2.28. The lowest BCUT2D eigenvalue weighted by Gasteiger charge is -2.45. The van der Waals surface area contributed by atoms with Crippen molar-refractivity contribution < 1.29 is 14.3 Å². The number of amides is 1. The molecule has 1 aliphatic carbocycles. The van der Waals surface area contributed by atoms with E-state index in [0.717, 1.165) is 76.5 Å². The van der Waals surface area contributed by atoms with Crippen molar-refractivity contribution in [3.05, 3.63) is 70.8 Å². The van der Waals surface area contributed by atoms with Crippen LogP contribution in [0.1, 0.15) is 68.1 Å². The number of hydrogen-bond donors (Lipinski definition) is 1. The fourth-order valence-corrected chi connectivity index (χ4v) is 6.93. The van der Waals surface area contributed by atoms with Crippen LogP contribution in [0.15, 0.2) is 54.1 Å². The number of nitrogens with zero attached hydrogens (tertiary/aromatic N) is 2. The molecule has 6 heteroatoms. The van der Waals surface area contributed by atoms with Gasteiger partial charge in [0.15, 0.2) is 11.5 Å². The van der Waals surface area contributed by atoms with Gasteiger partial charge < -0.3 is 14.8 Å². The van der Waals surface area contributed by atoms with Crippen LogP contribution in [0.4, 0.5) is 0 Å². The van der Waals surface area contributed by atoms with Gasteiger partial charge in [0.25, 0.3) is 0 Å². The zero-order valence-corrected chi connectivity index (χ0v) is 24.5. The number of methoxy groups -OCH3 is 2. The Morgan fingerprint density at radius 1 is 1.00 bits per heavy atom. The fraction of sp³-hybridized carbons (Fsp3) is 0.559. The maximum absolute atomic E-state index is 12.9. The van der Waals surface area contributed by atoms with E-state index in [2.05, 4.69) is 63.7 Å². The third kappa shape index (κ3) is 7.46. The lowest BCUT2D eigenvalue weighted by atomic mass is 9.85. The van der Waals surface area contributed by atoms with Crippen LogP contribution < -0.4 is 14.8 Å². The van der Waals surface area contributed by atoms with Crippen LogP contribution >= 0.6 is 0 Å². The predicted molar refractivity (Wildman–Crippen MR) is 161 cm³/mol. The average Bonchev–Trinajstić information content (AvgIpc) is 3.00. The van der Waals surface area contributed by atoms with Crippen molar-refractivity contribution in [2.75, 3.05) is 40.4 Å². The predicted octanol–water partition coefficient (Wildman–Crippen LogP) is 5.74. The number of nitrogens with one attached hydrogen (secondary N) is 1. The molecule has 2 atom stereocenters. The first kappa shape index (κ1) is 28.7. The van der Waals surface area contributed by atoms with Gasteiger partial charge in [-0.15, -0.1) is 0 Å². The van der Waals surface area contributed by atoms with Crippen molar-refractivity contribution in [2.45, 2.75) is 76.9 Å². The van der Waals surface area contributed by atoms with Crippen LogP contribution in [0.3, 0.4) is 0 Å². The van der Waals surface area contributed by atoms with Gasteiger partial charge >= 0.3 is 0 Å². The molecule has 5 rings (SSSR count). The van der Waals surface area contributed by atoms with Crippen molar-refractivity contribution in [1.82, 2.24) is 15.1 Å².